The number of carbonyl (C=O) groups is 2. The molecule has 2 aromatic carbocycles. The highest BCUT2D eigenvalue weighted by Crippen LogP contribution is 2.36. The van der Waals surface area contributed by atoms with Crippen molar-refractivity contribution < 1.29 is 37.3 Å². The molecule has 0 aliphatic carbocycles. The van der Waals surface area contributed by atoms with Gasteiger partial charge in [-0.25, -0.2) is 4.79 Å². The molecule has 2 aromatic rings. The van der Waals surface area contributed by atoms with E-state index in [0.717, 1.165) is 6.08 Å². The Bertz CT molecular complexity index is 934. The average molecular weight is 456 g/mol. The van der Waals surface area contributed by atoms with Gasteiger partial charge in [0.1, 0.15) is 5.75 Å². The molecule has 0 unspecified atom stereocenters. The van der Waals surface area contributed by atoms with Crippen LogP contribution in [0.3, 0.4) is 0 Å². The molecule has 1 amide bonds. The number of alkyl halides is 2. The summed E-state index contributed by atoms with van der Waals surface area (Å²) in [6.07, 6.45) is 2.59. The van der Waals surface area contributed by atoms with Gasteiger partial charge in [-0.3, -0.25) is 4.79 Å². The fourth-order valence-electron chi connectivity index (χ4n) is 2.41. The Morgan fingerprint density at radius 2 is 1.90 bits per heavy atom. The van der Waals surface area contributed by atoms with E-state index in [4.69, 9.17) is 25.8 Å². The fourth-order valence-corrected chi connectivity index (χ4v) is 2.71. The molecule has 166 valence electrons. The van der Waals surface area contributed by atoms with Crippen molar-refractivity contribution in [3.8, 4) is 17.2 Å². The predicted octanol–water partition coefficient (Wildman–Crippen LogP) is 4.54. The summed E-state index contributed by atoms with van der Waals surface area (Å²) in [4.78, 5) is 23.7. The van der Waals surface area contributed by atoms with E-state index >= 15 is 0 Å². The third-order valence-electron chi connectivity index (χ3n) is 3.66. The zero-order chi connectivity index (χ0) is 22.8. The van der Waals surface area contributed by atoms with Crippen LogP contribution in [0.1, 0.15) is 12.5 Å². The summed E-state index contributed by atoms with van der Waals surface area (Å²) < 4.78 is 44.0. The van der Waals surface area contributed by atoms with Crippen molar-refractivity contribution in [3.63, 3.8) is 0 Å². The van der Waals surface area contributed by atoms with Crippen LogP contribution in [0, 0.1) is 0 Å². The van der Waals surface area contributed by atoms with Gasteiger partial charge in [-0.1, -0.05) is 11.6 Å². The van der Waals surface area contributed by atoms with Gasteiger partial charge in [-0.15, -0.1) is 0 Å². The highest BCUT2D eigenvalue weighted by atomic mass is 35.5. The number of ether oxygens (including phenoxy) is 4. The number of methoxy groups -OCH3 is 1. The van der Waals surface area contributed by atoms with E-state index < -0.39 is 25.1 Å². The second kappa shape index (κ2) is 11.8. The van der Waals surface area contributed by atoms with Gasteiger partial charge < -0.3 is 24.3 Å². The summed E-state index contributed by atoms with van der Waals surface area (Å²) in [5.74, 6) is -0.588. The summed E-state index contributed by atoms with van der Waals surface area (Å²) in [7, 11) is 1.47. The number of nitrogens with one attached hydrogen (secondary N) is 1. The molecule has 7 nitrogen and oxygen atoms in total. The molecule has 31 heavy (non-hydrogen) atoms. The maximum absolute atomic E-state index is 12.1. The maximum Gasteiger partial charge on any atom is 0.387 e. The van der Waals surface area contributed by atoms with Crippen LogP contribution in [-0.2, 0) is 14.3 Å². The maximum atomic E-state index is 12.1. The highest BCUT2D eigenvalue weighted by Gasteiger charge is 2.11. The van der Waals surface area contributed by atoms with Crippen LogP contribution in [-0.4, -0.2) is 38.8 Å². The molecule has 2 rings (SSSR count). The van der Waals surface area contributed by atoms with E-state index in [-0.39, 0.29) is 5.75 Å². The van der Waals surface area contributed by atoms with Gasteiger partial charge in [-0.2, -0.15) is 8.78 Å². The molecule has 0 spiro atoms. The average Bonchev–Trinajstić information content (AvgIpc) is 2.72. The van der Waals surface area contributed by atoms with Gasteiger partial charge >= 0.3 is 12.6 Å². The third kappa shape index (κ3) is 7.78. The first-order chi connectivity index (χ1) is 14.8. The molecule has 0 heterocycles. The molecule has 1 N–H and O–H groups in total. The number of rotatable bonds is 10. The Labute approximate surface area is 182 Å². The monoisotopic (exact) mass is 455 g/mol. The summed E-state index contributed by atoms with van der Waals surface area (Å²) in [6, 6.07) is 8.52. The number of halogens is 3. The van der Waals surface area contributed by atoms with Gasteiger partial charge in [0.05, 0.1) is 18.7 Å². The lowest BCUT2D eigenvalue weighted by atomic mass is 10.2. The van der Waals surface area contributed by atoms with Gasteiger partial charge in [0.2, 0.25) is 0 Å². The van der Waals surface area contributed by atoms with E-state index in [0.29, 0.717) is 34.4 Å². The van der Waals surface area contributed by atoms with E-state index in [1.165, 1.54) is 37.5 Å². The van der Waals surface area contributed by atoms with E-state index in [1.54, 1.807) is 12.1 Å². The molecule has 0 aliphatic heterocycles. The Hall–Kier alpha value is -3.33. The Kier molecular flexibility index (Phi) is 9.08. The van der Waals surface area contributed by atoms with Crippen LogP contribution in [0.15, 0.2) is 42.5 Å². The van der Waals surface area contributed by atoms with Crippen molar-refractivity contribution in [2.24, 2.45) is 0 Å². The molecular weight excluding hydrogens is 436 g/mol. The Morgan fingerprint density at radius 3 is 2.52 bits per heavy atom. The number of benzene rings is 2. The third-order valence-corrected chi connectivity index (χ3v) is 3.94. The predicted molar refractivity (Wildman–Crippen MR) is 111 cm³/mol. The first-order valence-corrected chi connectivity index (χ1v) is 9.40. The molecule has 0 atom stereocenters. The molecule has 0 aliphatic rings. The Balaban J connectivity index is 1.88. The Morgan fingerprint density at radius 1 is 1.19 bits per heavy atom. The van der Waals surface area contributed by atoms with Crippen LogP contribution in [0.4, 0.5) is 14.5 Å². The highest BCUT2D eigenvalue weighted by molar-refractivity contribution is 6.32. The zero-order valence-electron chi connectivity index (χ0n) is 16.7. The normalized spacial score (nSPS) is 10.8. The lowest BCUT2D eigenvalue weighted by Crippen LogP contribution is -2.20. The van der Waals surface area contributed by atoms with Crippen molar-refractivity contribution in [3.05, 3.63) is 53.1 Å². The minimum atomic E-state index is -2.94. The first kappa shape index (κ1) is 23.9. The van der Waals surface area contributed by atoms with Crippen molar-refractivity contribution in [2.45, 2.75) is 13.5 Å². The van der Waals surface area contributed by atoms with E-state index in [9.17, 15) is 18.4 Å². The molecule has 0 saturated heterocycles. The number of hydrogen-bond donors (Lipinski definition) is 1. The van der Waals surface area contributed by atoms with Crippen LogP contribution in [0.5, 0.6) is 17.2 Å². The summed E-state index contributed by atoms with van der Waals surface area (Å²) in [5, 5.41) is 2.77. The van der Waals surface area contributed by atoms with Crippen LogP contribution >= 0.6 is 11.6 Å². The number of hydrogen-bond acceptors (Lipinski definition) is 6. The SMILES string of the molecule is CCOc1cc(/C=C/C(=O)OCC(=O)Nc2ccc(OC(F)F)cc2)cc(Cl)c1OC. The van der Waals surface area contributed by atoms with Crippen molar-refractivity contribution in [1.29, 1.82) is 0 Å². The summed E-state index contributed by atoms with van der Waals surface area (Å²) in [6.45, 7) is -1.26. The molecule has 10 heteroatoms. The minimum absolute atomic E-state index is 0.0457. The van der Waals surface area contributed by atoms with Crippen molar-refractivity contribution in [1.82, 2.24) is 0 Å². The van der Waals surface area contributed by atoms with Crippen LogP contribution in [0.2, 0.25) is 5.02 Å². The second-order valence-corrected chi connectivity index (χ2v) is 6.27. The van der Waals surface area contributed by atoms with Crippen LogP contribution in [0.25, 0.3) is 6.08 Å². The van der Waals surface area contributed by atoms with Crippen molar-refractivity contribution in [2.75, 3.05) is 25.6 Å². The standard InChI is InChI=1S/C21H20ClF2NO6/c1-3-29-17-11-13(10-16(22)20(17)28-2)4-9-19(27)30-12-18(26)25-14-5-7-15(8-6-14)31-21(23)24/h4-11,21H,3,12H2,1-2H3,(H,25,26)/b9-4+. The molecule has 0 aromatic heterocycles. The zero-order valence-corrected chi connectivity index (χ0v) is 17.4. The van der Waals surface area contributed by atoms with Crippen molar-refractivity contribution >= 4 is 35.2 Å². The lowest BCUT2D eigenvalue weighted by molar-refractivity contribution is -0.142. The number of amides is 1. The second-order valence-electron chi connectivity index (χ2n) is 5.86. The van der Waals surface area contributed by atoms with Gasteiger partial charge in [0.25, 0.3) is 5.91 Å². The number of anilines is 1. The topological polar surface area (TPSA) is 83.1 Å². The van der Waals surface area contributed by atoms with Gasteiger partial charge in [-0.05, 0) is 55.0 Å². The lowest BCUT2D eigenvalue weighted by Gasteiger charge is -2.11. The largest absolute Gasteiger partial charge is 0.491 e. The van der Waals surface area contributed by atoms with Crippen LogP contribution < -0.4 is 19.5 Å². The molecular formula is C21H20ClF2NO6. The first-order valence-electron chi connectivity index (χ1n) is 9.02. The van der Waals surface area contributed by atoms with E-state index in [1.807, 2.05) is 6.92 Å². The number of carbonyl (C=O) groups excluding carboxylic acids is 2. The summed E-state index contributed by atoms with van der Waals surface area (Å²) in [5.41, 5.74) is 0.899. The van der Waals surface area contributed by atoms with Gasteiger partial charge in [0.15, 0.2) is 18.1 Å². The minimum Gasteiger partial charge on any atom is -0.491 e. The van der Waals surface area contributed by atoms with Gasteiger partial charge in [0, 0.05) is 11.8 Å². The molecule has 0 fully saturated rings. The number of esters is 1. The fraction of sp³-hybridized carbons (Fsp3) is 0.238. The smallest absolute Gasteiger partial charge is 0.387 e. The molecule has 0 bridgehead atoms. The molecule has 0 saturated carbocycles. The van der Waals surface area contributed by atoms with E-state index in [2.05, 4.69) is 10.1 Å². The summed E-state index contributed by atoms with van der Waals surface area (Å²) >= 11 is 6.15. The quantitative estimate of drug-likeness (QED) is 0.418. The molecule has 0 radical (unpaired) electrons.